The minimum atomic E-state index is -1.15. The molecule has 4 N–H and O–H groups in total. The Bertz CT molecular complexity index is 1180. The molecule has 2 aromatic heterocycles. The van der Waals surface area contributed by atoms with Gasteiger partial charge in [-0.15, -0.1) is 5.48 Å². The molecule has 11 nitrogen and oxygen atoms in total. The zero-order chi connectivity index (χ0) is 27.1. The van der Waals surface area contributed by atoms with E-state index < -0.39 is 17.9 Å². The number of ether oxygens (including phenoxy) is 1. The van der Waals surface area contributed by atoms with Crippen LogP contribution in [0.5, 0.6) is 0 Å². The fourth-order valence-corrected chi connectivity index (χ4v) is 6.74. The number of carbonyl (C=O) groups is 1. The molecule has 2 saturated heterocycles. The van der Waals surface area contributed by atoms with Crippen molar-refractivity contribution in [3.63, 3.8) is 0 Å². The summed E-state index contributed by atoms with van der Waals surface area (Å²) in [6.45, 7) is 8.50. The first kappa shape index (κ1) is 26.7. The minimum Gasteiger partial charge on any atom is -0.382 e. The number of anilines is 1. The molecule has 1 amide bonds. The van der Waals surface area contributed by atoms with Gasteiger partial charge >= 0.3 is 6.09 Å². The summed E-state index contributed by atoms with van der Waals surface area (Å²) in [5.41, 5.74) is 2.88. The van der Waals surface area contributed by atoms with Crippen LogP contribution in [0.15, 0.2) is 0 Å². The number of amides is 1. The molecule has 2 aliphatic carbocycles. The van der Waals surface area contributed by atoms with E-state index in [-0.39, 0.29) is 12.0 Å². The van der Waals surface area contributed by atoms with E-state index in [4.69, 9.17) is 24.5 Å². The zero-order valence-corrected chi connectivity index (χ0v) is 23.4. The lowest BCUT2D eigenvalue weighted by Gasteiger charge is -2.36. The second-order valence-corrected chi connectivity index (χ2v) is 12.5. The zero-order valence-electron chi connectivity index (χ0n) is 23.4. The molecule has 2 unspecified atom stereocenters. The van der Waals surface area contributed by atoms with E-state index in [2.05, 4.69) is 34.5 Å². The molecule has 39 heavy (non-hydrogen) atoms. The Morgan fingerprint density at radius 2 is 1.85 bits per heavy atom. The Hall–Kier alpha value is -2.50. The average molecular weight is 542 g/mol. The van der Waals surface area contributed by atoms with E-state index in [1.165, 1.54) is 32.1 Å². The highest BCUT2D eigenvalue weighted by Gasteiger charge is 2.41. The number of carbonyl (C=O) groups excluding carboxylic acids is 1. The Balaban J connectivity index is 1.46. The Labute approximate surface area is 229 Å². The van der Waals surface area contributed by atoms with Crippen LogP contribution < -0.4 is 16.1 Å². The standard InChI is InChI=1S/C28H43N7O4/c1-16-7-9-18(10-8-16)15-35-21-22(29-17(2)19-5-4-6-19)30-24(25-33-27(36)39-34-25)31-23(21)32-26(35)28(3,37)20-11-13-38-14-12-20/h16-20,25,34,37H,4-15H2,1-3H3,(H,33,36)(H,29,30,31)/t16?,17-,18?,25?,28?/m1/s1. The molecule has 0 bridgehead atoms. The molecular formula is C28H43N7O4. The fraction of sp³-hybridized carbons (Fsp3) is 0.786. The van der Waals surface area contributed by atoms with Gasteiger partial charge in [0.05, 0.1) is 0 Å². The maximum Gasteiger partial charge on any atom is 0.427 e. The van der Waals surface area contributed by atoms with Gasteiger partial charge in [0, 0.05) is 25.8 Å². The number of fused-ring (bicyclic) bond motifs is 1. The van der Waals surface area contributed by atoms with Crippen LogP contribution in [0.2, 0.25) is 0 Å². The maximum absolute atomic E-state index is 12.1. The van der Waals surface area contributed by atoms with Gasteiger partial charge < -0.3 is 24.6 Å². The molecule has 2 aliphatic heterocycles. The van der Waals surface area contributed by atoms with E-state index in [1.807, 2.05) is 6.92 Å². The summed E-state index contributed by atoms with van der Waals surface area (Å²) in [7, 11) is 0. The van der Waals surface area contributed by atoms with Gasteiger partial charge in [-0.1, -0.05) is 26.2 Å². The fourth-order valence-electron chi connectivity index (χ4n) is 6.74. The van der Waals surface area contributed by atoms with Crippen molar-refractivity contribution >= 4 is 23.1 Å². The third-order valence-electron chi connectivity index (χ3n) is 9.68. The molecule has 4 fully saturated rings. The largest absolute Gasteiger partial charge is 0.427 e. The van der Waals surface area contributed by atoms with Gasteiger partial charge in [0.25, 0.3) is 0 Å². The van der Waals surface area contributed by atoms with Crippen LogP contribution in [0.1, 0.15) is 96.4 Å². The number of nitrogens with zero attached hydrogens (tertiary/aromatic N) is 4. The number of hydrogen-bond acceptors (Lipinski definition) is 9. The number of imidazole rings is 1. The molecule has 3 atom stereocenters. The molecule has 6 rings (SSSR count). The van der Waals surface area contributed by atoms with Crippen molar-refractivity contribution in [1.82, 2.24) is 30.3 Å². The summed E-state index contributed by atoms with van der Waals surface area (Å²) >= 11 is 0. The van der Waals surface area contributed by atoms with Crippen molar-refractivity contribution in [1.29, 1.82) is 0 Å². The smallest absolute Gasteiger partial charge is 0.382 e. The van der Waals surface area contributed by atoms with Crippen molar-refractivity contribution in [2.24, 2.45) is 23.7 Å². The number of rotatable bonds is 8. The van der Waals surface area contributed by atoms with Crippen molar-refractivity contribution in [3.05, 3.63) is 11.6 Å². The Morgan fingerprint density at radius 3 is 2.49 bits per heavy atom. The van der Waals surface area contributed by atoms with Crippen molar-refractivity contribution in [2.45, 2.75) is 103 Å². The molecule has 2 aromatic rings. The molecule has 214 valence electrons. The predicted octanol–water partition coefficient (Wildman–Crippen LogP) is 4.13. The van der Waals surface area contributed by atoms with Crippen molar-refractivity contribution in [3.8, 4) is 0 Å². The third kappa shape index (κ3) is 5.32. The van der Waals surface area contributed by atoms with Crippen molar-refractivity contribution in [2.75, 3.05) is 18.5 Å². The molecular weight excluding hydrogens is 498 g/mol. The third-order valence-corrected chi connectivity index (χ3v) is 9.68. The van der Waals surface area contributed by atoms with Crippen LogP contribution in [0, 0.1) is 23.7 Å². The van der Waals surface area contributed by atoms with E-state index in [0.29, 0.717) is 48.2 Å². The molecule has 4 aliphatic rings. The lowest BCUT2D eigenvalue weighted by atomic mass is 9.80. The molecule has 2 saturated carbocycles. The van der Waals surface area contributed by atoms with E-state index in [9.17, 15) is 9.90 Å². The predicted molar refractivity (Wildman–Crippen MR) is 145 cm³/mol. The van der Waals surface area contributed by atoms with Crippen LogP contribution in [0.25, 0.3) is 11.2 Å². The molecule has 11 heteroatoms. The van der Waals surface area contributed by atoms with E-state index >= 15 is 0 Å². The van der Waals surface area contributed by atoms with Crippen molar-refractivity contribution < 1.29 is 19.5 Å². The Morgan fingerprint density at radius 1 is 1.10 bits per heavy atom. The summed E-state index contributed by atoms with van der Waals surface area (Å²) in [4.78, 5) is 31.5. The normalized spacial score (nSPS) is 28.9. The van der Waals surface area contributed by atoms with Crippen LogP contribution >= 0.6 is 0 Å². The molecule has 0 radical (unpaired) electrons. The minimum absolute atomic E-state index is 0.0371. The first-order valence-electron chi connectivity index (χ1n) is 14.9. The highest BCUT2D eigenvalue weighted by molar-refractivity contribution is 5.84. The molecule has 0 spiro atoms. The SMILES string of the molecule is CC1CCC(Cn2c(C(C)(O)C3CCOCC3)nc3nc(C4NOC(=O)N4)nc(N[C@H](C)C4CCC4)c32)CC1. The Kier molecular flexibility index (Phi) is 7.41. The summed E-state index contributed by atoms with van der Waals surface area (Å²) < 4.78 is 7.82. The van der Waals surface area contributed by atoms with Crippen LogP contribution in [-0.2, 0) is 21.7 Å². The van der Waals surface area contributed by atoms with Gasteiger partial charge in [-0.05, 0) is 76.0 Å². The first-order valence-corrected chi connectivity index (χ1v) is 14.9. The number of aliphatic hydroxyl groups is 1. The second kappa shape index (κ2) is 10.8. The second-order valence-electron chi connectivity index (χ2n) is 12.5. The highest BCUT2D eigenvalue weighted by Crippen LogP contribution is 2.40. The summed E-state index contributed by atoms with van der Waals surface area (Å²) in [6.07, 6.45) is 8.75. The summed E-state index contributed by atoms with van der Waals surface area (Å²) in [5, 5.41) is 18.5. The summed E-state index contributed by atoms with van der Waals surface area (Å²) in [6, 6.07) is 0.227. The number of aromatic nitrogens is 4. The van der Waals surface area contributed by atoms with Crippen LogP contribution in [0.3, 0.4) is 0 Å². The molecule has 0 aromatic carbocycles. The average Bonchev–Trinajstić information content (AvgIpc) is 3.49. The number of hydrogen-bond donors (Lipinski definition) is 4. The number of hydroxylamine groups is 1. The quantitative estimate of drug-likeness (QED) is 0.389. The topological polar surface area (TPSA) is 135 Å². The highest BCUT2D eigenvalue weighted by atomic mass is 16.7. The molecule has 4 heterocycles. The van der Waals surface area contributed by atoms with Gasteiger partial charge in [0.2, 0.25) is 0 Å². The van der Waals surface area contributed by atoms with Gasteiger partial charge in [-0.2, -0.15) is 0 Å². The van der Waals surface area contributed by atoms with Gasteiger partial charge in [0.1, 0.15) is 16.9 Å². The lowest BCUT2D eigenvalue weighted by molar-refractivity contribution is -0.0654. The maximum atomic E-state index is 12.1. The monoisotopic (exact) mass is 541 g/mol. The van der Waals surface area contributed by atoms with Crippen LogP contribution in [0.4, 0.5) is 10.6 Å². The van der Waals surface area contributed by atoms with Gasteiger partial charge in [-0.25, -0.2) is 19.7 Å². The first-order chi connectivity index (χ1) is 18.8. The number of nitrogens with one attached hydrogen (secondary N) is 3. The van der Waals surface area contributed by atoms with E-state index in [1.54, 1.807) is 0 Å². The van der Waals surface area contributed by atoms with Gasteiger partial charge in [-0.3, -0.25) is 5.32 Å². The lowest BCUT2D eigenvalue weighted by Crippen LogP contribution is -2.39. The van der Waals surface area contributed by atoms with Crippen LogP contribution in [-0.4, -0.2) is 50.0 Å². The van der Waals surface area contributed by atoms with Gasteiger partial charge in [0.15, 0.2) is 23.5 Å². The summed E-state index contributed by atoms with van der Waals surface area (Å²) in [5.74, 6) is 3.61. The van der Waals surface area contributed by atoms with E-state index in [0.717, 1.165) is 43.7 Å².